The van der Waals surface area contributed by atoms with Gasteiger partial charge in [-0.3, -0.25) is 0 Å². The molecule has 0 spiro atoms. The Balaban J connectivity index is 2.08. The predicted molar refractivity (Wildman–Crippen MR) is 80.3 cm³/mol. The van der Waals surface area contributed by atoms with Crippen molar-refractivity contribution in [2.24, 2.45) is 0 Å². The summed E-state index contributed by atoms with van der Waals surface area (Å²) < 4.78 is 0. The summed E-state index contributed by atoms with van der Waals surface area (Å²) in [6.07, 6.45) is 0.362. The van der Waals surface area contributed by atoms with Crippen LogP contribution >= 0.6 is 0 Å². The van der Waals surface area contributed by atoms with Gasteiger partial charge in [-0.1, -0.05) is 55.5 Å². The van der Waals surface area contributed by atoms with Crippen LogP contribution in [0.25, 0.3) is 0 Å². The maximum absolute atomic E-state index is 10.4. The minimum absolute atomic E-state index is 0.359. The van der Waals surface area contributed by atoms with E-state index in [1.54, 1.807) is 0 Å². The van der Waals surface area contributed by atoms with E-state index >= 15 is 0 Å². The molecule has 2 unspecified atom stereocenters. The van der Waals surface area contributed by atoms with Gasteiger partial charge in [0.05, 0.1) is 6.10 Å². The van der Waals surface area contributed by atoms with Gasteiger partial charge in [-0.15, -0.1) is 0 Å². The molecule has 2 rings (SSSR count). The van der Waals surface area contributed by atoms with Crippen LogP contribution in [0.15, 0.2) is 48.5 Å². The molecule has 0 bridgehead atoms. The van der Waals surface area contributed by atoms with Crippen molar-refractivity contribution in [3.05, 3.63) is 70.8 Å². The summed E-state index contributed by atoms with van der Waals surface area (Å²) in [4.78, 5) is 0. The zero-order valence-electron chi connectivity index (χ0n) is 11.9. The van der Waals surface area contributed by atoms with Crippen molar-refractivity contribution in [2.75, 3.05) is 0 Å². The van der Waals surface area contributed by atoms with Crippen molar-refractivity contribution in [3.63, 3.8) is 0 Å². The molecule has 0 saturated carbocycles. The Labute approximate surface area is 115 Å². The highest BCUT2D eigenvalue weighted by Crippen LogP contribution is 2.28. The van der Waals surface area contributed by atoms with E-state index in [2.05, 4.69) is 45.0 Å². The van der Waals surface area contributed by atoms with Crippen LogP contribution in [0, 0.1) is 13.8 Å². The molecule has 1 nitrogen and oxygen atoms in total. The number of aryl methyl sites for hydroxylation is 2. The first-order chi connectivity index (χ1) is 9.08. The van der Waals surface area contributed by atoms with Gasteiger partial charge in [0.15, 0.2) is 0 Å². The van der Waals surface area contributed by atoms with Crippen molar-refractivity contribution < 1.29 is 5.11 Å². The molecule has 1 heteroatoms. The minimum atomic E-state index is -0.394. The van der Waals surface area contributed by atoms with Crippen molar-refractivity contribution in [3.8, 4) is 0 Å². The van der Waals surface area contributed by atoms with E-state index in [0.29, 0.717) is 5.92 Å². The highest BCUT2D eigenvalue weighted by atomic mass is 16.3. The lowest BCUT2D eigenvalue weighted by Gasteiger charge is -2.18. The Kier molecular flexibility index (Phi) is 4.39. The zero-order valence-corrected chi connectivity index (χ0v) is 11.9. The van der Waals surface area contributed by atoms with Crippen molar-refractivity contribution in [1.29, 1.82) is 0 Å². The number of benzene rings is 2. The van der Waals surface area contributed by atoms with Crippen molar-refractivity contribution in [1.82, 2.24) is 0 Å². The normalized spacial score (nSPS) is 14.1. The second-order valence-corrected chi connectivity index (χ2v) is 5.41. The monoisotopic (exact) mass is 254 g/mol. The van der Waals surface area contributed by atoms with Crippen LogP contribution in [-0.2, 0) is 0 Å². The fourth-order valence-electron chi connectivity index (χ4n) is 2.36. The molecule has 1 N–H and O–H groups in total. The third-order valence-electron chi connectivity index (χ3n) is 3.86. The van der Waals surface area contributed by atoms with Crippen LogP contribution in [0.4, 0.5) is 0 Å². The summed E-state index contributed by atoms with van der Waals surface area (Å²) in [6.45, 7) is 6.35. The molecule has 0 amide bonds. The lowest BCUT2D eigenvalue weighted by Crippen LogP contribution is -2.04. The summed E-state index contributed by atoms with van der Waals surface area (Å²) in [5.41, 5.74) is 4.81. The van der Waals surface area contributed by atoms with E-state index < -0.39 is 6.10 Å². The lowest BCUT2D eigenvalue weighted by atomic mass is 9.91. The number of hydrogen-bond acceptors (Lipinski definition) is 1. The Hall–Kier alpha value is -1.60. The Morgan fingerprint density at radius 1 is 0.895 bits per heavy atom. The van der Waals surface area contributed by atoms with E-state index in [0.717, 1.165) is 12.0 Å². The van der Waals surface area contributed by atoms with Crippen LogP contribution in [0.2, 0.25) is 0 Å². The number of hydrogen-bond donors (Lipinski definition) is 1. The summed E-state index contributed by atoms with van der Waals surface area (Å²) in [6, 6.07) is 16.6. The smallest absolute Gasteiger partial charge is 0.0795 e. The molecule has 0 fully saturated rings. The Morgan fingerprint density at radius 2 is 1.58 bits per heavy atom. The summed E-state index contributed by atoms with van der Waals surface area (Å²) in [5.74, 6) is 0.359. The number of aliphatic hydroxyl groups is 1. The molecule has 0 saturated heterocycles. The van der Waals surface area contributed by atoms with Crippen LogP contribution in [0.1, 0.15) is 47.6 Å². The quantitative estimate of drug-likeness (QED) is 0.849. The fourth-order valence-corrected chi connectivity index (χ4v) is 2.36. The zero-order chi connectivity index (χ0) is 13.8. The molecule has 0 aliphatic rings. The van der Waals surface area contributed by atoms with Crippen LogP contribution in [0.3, 0.4) is 0 Å². The van der Waals surface area contributed by atoms with Gasteiger partial charge in [-0.25, -0.2) is 0 Å². The van der Waals surface area contributed by atoms with Crippen molar-refractivity contribution in [2.45, 2.75) is 39.2 Å². The maximum atomic E-state index is 10.4. The molecular formula is C18H22O. The fraction of sp³-hybridized carbons (Fsp3) is 0.333. The van der Waals surface area contributed by atoms with Gasteiger partial charge in [-0.05, 0) is 48.4 Å². The van der Waals surface area contributed by atoms with E-state index in [-0.39, 0.29) is 0 Å². The number of rotatable bonds is 4. The van der Waals surface area contributed by atoms with Gasteiger partial charge in [0, 0.05) is 0 Å². The molecule has 100 valence electrons. The van der Waals surface area contributed by atoms with Crippen molar-refractivity contribution >= 4 is 0 Å². The van der Waals surface area contributed by atoms with Crippen LogP contribution in [0.5, 0.6) is 0 Å². The summed E-state index contributed by atoms with van der Waals surface area (Å²) in [5, 5.41) is 10.4. The van der Waals surface area contributed by atoms with E-state index in [1.165, 1.54) is 16.7 Å². The Morgan fingerprint density at radius 3 is 2.21 bits per heavy atom. The summed E-state index contributed by atoms with van der Waals surface area (Å²) in [7, 11) is 0. The highest BCUT2D eigenvalue weighted by molar-refractivity contribution is 5.31. The molecular weight excluding hydrogens is 232 g/mol. The molecule has 19 heavy (non-hydrogen) atoms. The van der Waals surface area contributed by atoms with Gasteiger partial charge in [0.2, 0.25) is 0 Å². The second kappa shape index (κ2) is 6.03. The van der Waals surface area contributed by atoms with Gasteiger partial charge >= 0.3 is 0 Å². The highest BCUT2D eigenvalue weighted by Gasteiger charge is 2.14. The maximum Gasteiger partial charge on any atom is 0.0795 e. The van der Waals surface area contributed by atoms with Gasteiger partial charge in [0.25, 0.3) is 0 Å². The Bertz CT molecular complexity index is 531. The van der Waals surface area contributed by atoms with E-state index in [9.17, 15) is 5.11 Å². The lowest BCUT2D eigenvalue weighted by molar-refractivity contribution is 0.159. The molecule has 2 atom stereocenters. The first-order valence-electron chi connectivity index (χ1n) is 6.88. The van der Waals surface area contributed by atoms with E-state index in [1.807, 2.05) is 24.3 Å². The SMILES string of the molecule is Cc1ccc(C(O)CC(C)c2ccccc2)cc1C. The van der Waals surface area contributed by atoms with Crippen LogP contribution < -0.4 is 0 Å². The second-order valence-electron chi connectivity index (χ2n) is 5.41. The summed E-state index contributed by atoms with van der Waals surface area (Å²) >= 11 is 0. The number of aliphatic hydroxyl groups excluding tert-OH is 1. The van der Waals surface area contributed by atoms with E-state index in [4.69, 9.17) is 0 Å². The molecule has 0 radical (unpaired) electrons. The molecule has 0 aromatic heterocycles. The molecule has 2 aromatic carbocycles. The van der Waals surface area contributed by atoms with Crippen LogP contribution in [-0.4, -0.2) is 5.11 Å². The molecule has 2 aromatic rings. The molecule has 0 heterocycles. The van der Waals surface area contributed by atoms with Gasteiger partial charge in [-0.2, -0.15) is 0 Å². The molecule has 0 aliphatic carbocycles. The predicted octanol–water partition coefficient (Wildman–Crippen LogP) is 4.53. The average molecular weight is 254 g/mol. The van der Waals surface area contributed by atoms with Gasteiger partial charge < -0.3 is 5.11 Å². The topological polar surface area (TPSA) is 20.2 Å². The largest absolute Gasteiger partial charge is 0.388 e. The molecule has 0 aliphatic heterocycles. The minimum Gasteiger partial charge on any atom is -0.388 e. The average Bonchev–Trinajstić information content (AvgIpc) is 2.42. The third kappa shape index (κ3) is 3.45. The first kappa shape index (κ1) is 13.8. The standard InChI is InChI=1S/C18H22O/c1-13-9-10-17(11-14(13)2)18(19)12-15(3)16-7-5-4-6-8-16/h4-11,15,18-19H,12H2,1-3H3. The first-order valence-corrected chi connectivity index (χ1v) is 6.88. The van der Waals surface area contributed by atoms with Gasteiger partial charge in [0.1, 0.15) is 0 Å². The third-order valence-corrected chi connectivity index (χ3v) is 3.86.